The first-order chi connectivity index (χ1) is 9.20. The van der Waals surface area contributed by atoms with Gasteiger partial charge in [-0.1, -0.05) is 12.1 Å². The van der Waals surface area contributed by atoms with Crippen LogP contribution in [0.5, 0.6) is 17.5 Å². The third-order valence-electron chi connectivity index (χ3n) is 2.26. The van der Waals surface area contributed by atoms with E-state index >= 15 is 0 Å². The zero-order valence-electron chi connectivity index (χ0n) is 10.5. The van der Waals surface area contributed by atoms with E-state index in [9.17, 15) is 0 Å². The number of amidine groups is 1. The van der Waals surface area contributed by atoms with E-state index in [1.807, 2.05) is 19.1 Å². The average molecular weight is 258 g/mol. The Bertz CT molecular complexity index is 586. The van der Waals surface area contributed by atoms with Crippen molar-refractivity contribution in [1.82, 2.24) is 9.97 Å². The first kappa shape index (κ1) is 12.8. The van der Waals surface area contributed by atoms with Crippen LogP contribution in [0.15, 0.2) is 36.5 Å². The number of hydrogen-bond donors (Lipinski definition) is 2. The Morgan fingerprint density at radius 1 is 1.26 bits per heavy atom. The summed E-state index contributed by atoms with van der Waals surface area (Å²) in [6, 6.07) is 8.91. The van der Waals surface area contributed by atoms with Crippen molar-refractivity contribution in [2.75, 3.05) is 6.61 Å². The molecule has 0 bridgehead atoms. The molecule has 2 rings (SSSR count). The Morgan fingerprint density at radius 3 is 2.68 bits per heavy atom. The molecule has 0 saturated carbocycles. The van der Waals surface area contributed by atoms with Crippen LogP contribution in [0.2, 0.25) is 0 Å². The van der Waals surface area contributed by atoms with Crippen molar-refractivity contribution >= 4 is 5.84 Å². The molecule has 1 aromatic carbocycles. The average Bonchev–Trinajstić information content (AvgIpc) is 2.41. The maximum atomic E-state index is 7.33. The largest absolute Gasteiger partial charge is 0.490 e. The Morgan fingerprint density at radius 2 is 2.00 bits per heavy atom. The number of ether oxygens (including phenoxy) is 2. The standard InChI is InChI=1S/C13H14N4O2/c1-2-18-10-5-3-4-6-11(10)19-13-16-8-7-9(17-13)12(14)15/h3-8H,2H2,1H3,(H3,14,15). The number of benzene rings is 1. The Labute approximate surface area is 110 Å². The van der Waals surface area contributed by atoms with E-state index in [0.717, 1.165) is 0 Å². The van der Waals surface area contributed by atoms with Gasteiger partial charge in [-0.3, -0.25) is 5.41 Å². The van der Waals surface area contributed by atoms with Crippen molar-refractivity contribution in [2.45, 2.75) is 6.92 Å². The second-order valence-corrected chi connectivity index (χ2v) is 3.62. The lowest BCUT2D eigenvalue weighted by Crippen LogP contribution is -2.13. The Balaban J connectivity index is 2.26. The molecule has 1 heterocycles. The zero-order chi connectivity index (χ0) is 13.7. The second kappa shape index (κ2) is 5.81. The first-order valence-corrected chi connectivity index (χ1v) is 5.78. The molecule has 6 nitrogen and oxygen atoms in total. The van der Waals surface area contributed by atoms with Crippen molar-refractivity contribution in [2.24, 2.45) is 5.73 Å². The number of para-hydroxylation sites is 2. The second-order valence-electron chi connectivity index (χ2n) is 3.62. The van der Waals surface area contributed by atoms with Crippen LogP contribution >= 0.6 is 0 Å². The summed E-state index contributed by atoms with van der Waals surface area (Å²) in [5.41, 5.74) is 5.68. The summed E-state index contributed by atoms with van der Waals surface area (Å²) in [6.45, 7) is 2.43. The van der Waals surface area contributed by atoms with Gasteiger partial charge < -0.3 is 15.2 Å². The summed E-state index contributed by atoms with van der Waals surface area (Å²) >= 11 is 0. The van der Waals surface area contributed by atoms with Crippen molar-refractivity contribution in [3.05, 3.63) is 42.2 Å². The molecule has 0 aliphatic heterocycles. The van der Waals surface area contributed by atoms with E-state index in [-0.39, 0.29) is 11.8 Å². The summed E-state index contributed by atoms with van der Waals surface area (Å²) < 4.78 is 11.0. The smallest absolute Gasteiger partial charge is 0.322 e. The molecule has 0 atom stereocenters. The van der Waals surface area contributed by atoms with Crippen LogP contribution in [0.3, 0.4) is 0 Å². The highest BCUT2D eigenvalue weighted by molar-refractivity contribution is 5.92. The van der Waals surface area contributed by atoms with E-state index in [1.165, 1.54) is 6.20 Å². The normalized spacial score (nSPS) is 9.95. The lowest BCUT2D eigenvalue weighted by molar-refractivity contribution is 0.317. The number of nitrogen functional groups attached to an aromatic ring is 1. The number of nitrogens with one attached hydrogen (secondary N) is 1. The minimum Gasteiger partial charge on any atom is -0.490 e. The third-order valence-corrected chi connectivity index (χ3v) is 2.26. The molecule has 0 spiro atoms. The lowest BCUT2D eigenvalue weighted by atomic mass is 10.3. The van der Waals surface area contributed by atoms with Crippen LogP contribution in [0.25, 0.3) is 0 Å². The minimum atomic E-state index is -0.134. The van der Waals surface area contributed by atoms with E-state index in [1.54, 1.807) is 18.2 Å². The molecule has 6 heteroatoms. The molecule has 0 fully saturated rings. The quantitative estimate of drug-likeness (QED) is 0.631. The molecular weight excluding hydrogens is 244 g/mol. The predicted octanol–water partition coefficient (Wildman–Crippen LogP) is 1.95. The molecule has 0 radical (unpaired) electrons. The van der Waals surface area contributed by atoms with Gasteiger partial charge in [0.25, 0.3) is 0 Å². The SMILES string of the molecule is CCOc1ccccc1Oc1nccc(C(=N)N)n1. The van der Waals surface area contributed by atoms with Crippen molar-refractivity contribution in [3.63, 3.8) is 0 Å². The van der Waals surface area contributed by atoms with E-state index in [2.05, 4.69) is 9.97 Å². The number of aromatic nitrogens is 2. The number of nitrogens with zero attached hydrogens (tertiary/aromatic N) is 2. The fraction of sp³-hybridized carbons (Fsp3) is 0.154. The van der Waals surface area contributed by atoms with Crippen molar-refractivity contribution in [3.8, 4) is 17.5 Å². The lowest BCUT2D eigenvalue weighted by Gasteiger charge is -2.10. The number of rotatable bonds is 5. The molecule has 98 valence electrons. The van der Waals surface area contributed by atoms with Crippen LogP contribution in [0.4, 0.5) is 0 Å². The Kier molecular flexibility index (Phi) is 3.92. The Hall–Kier alpha value is -2.63. The molecular formula is C13H14N4O2. The molecule has 1 aromatic heterocycles. The van der Waals surface area contributed by atoms with Gasteiger partial charge in [0, 0.05) is 6.20 Å². The van der Waals surface area contributed by atoms with Gasteiger partial charge in [0.15, 0.2) is 11.5 Å². The van der Waals surface area contributed by atoms with Crippen LogP contribution in [0.1, 0.15) is 12.6 Å². The molecule has 2 aromatic rings. The molecule has 19 heavy (non-hydrogen) atoms. The van der Waals surface area contributed by atoms with Gasteiger partial charge in [-0.05, 0) is 25.1 Å². The fourth-order valence-electron chi connectivity index (χ4n) is 1.45. The van der Waals surface area contributed by atoms with Gasteiger partial charge in [0.2, 0.25) is 0 Å². The third kappa shape index (κ3) is 3.19. The van der Waals surface area contributed by atoms with E-state index in [0.29, 0.717) is 23.8 Å². The minimum absolute atomic E-state index is 0.125. The monoisotopic (exact) mass is 258 g/mol. The van der Waals surface area contributed by atoms with E-state index in [4.69, 9.17) is 20.6 Å². The van der Waals surface area contributed by atoms with Gasteiger partial charge in [0.1, 0.15) is 11.5 Å². The summed E-state index contributed by atoms with van der Waals surface area (Å²) in [5, 5.41) is 7.33. The molecule has 0 aliphatic rings. The van der Waals surface area contributed by atoms with Gasteiger partial charge in [-0.15, -0.1) is 0 Å². The van der Waals surface area contributed by atoms with Crippen molar-refractivity contribution in [1.29, 1.82) is 5.41 Å². The van der Waals surface area contributed by atoms with Gasteiger partial charge in [-0.25, -0.2) is 4.98 Å². The van der Waals surface area contributed by atoms with Crippen molar-refractivity contribution < 1.29 is 9.47 Å². The summed E-state index contributed by atoms with van der Waals surface area (Å²) in [7, 11) is 0. The molecule has 0 saturated heterocycles. The predicted molar refractivity (Wildman–Crippen MR) is 70.7 cm³/mol. The number of nitrogens with two attached hydrogens (primary N) is 1. The molecule has 3 N–H and O–H groups in total. The summed E-state index contributed by atoms with van der Waals surface area (Å²) in [5.74, 6) is 0.997. The summed E-state index contributed by atoms with van der Waals surface area (Å²) in [6.07, 6.45) is 1.49. The maximum absolute atomic E-state index is 7.33. The fourth-order valence-corrected chi connectivity index (χ4v) is 1.45. The highest BCUT2D eigenvalue weighted by atomic mass is 16.5. The highest BCUT2D eigenvalue weighted by Crippen LogP contribution is 2.29. The first-order valence-electron chi connectivity index (χ1n) is 5.78. The van der Waals surface area contributed by atoms with Crippen LogP contribution in [-0.4, -0.2) is 22.4 Å². The van der Waals surface area contributed by atoms with E-state index < -0.39 is 0 Å². The van der Waals surface area contributed by atoms with Gasteiger partial charge >= 0.3 is 6.01 Å². The zero-order valence-corrected chi connectivity index (χ0v) is 10.5. The molecule has 0 unspecified atom stereocenters. The van der Waals surface area contributed by atoms with Gasteiger partial charge in [0.05, 0.1) is 6.61 Å². The van der Waals surface area contributed by atoms with Crippen LogP contribution in [-0.2, 0) is 0 Å². The molecule has 0 aliphatic carbocycles. The molecule has 0 amide bonds. The highest BCUT2D eigenvalue weighted by Gasteiger charge is 2.08. The van der Waals surface area contributed by atoms with Crippen LogP contribution < -0.4 is 15.2 Å². The maximum Gasteiger partial charge on any atom is 0.322 e. The van der Waals surface area contributed by atoms with Crippen LogP contribution in [0, 0.1) is 5.41 Å². The van der Waals surface area contributed by atoms with Gasteiger partial charge in [-0.2, -0.15) is 4.98 Å². The topological polar surface area (TPSA) is 94.1 Å². The number of hydrogen-bond acceptors (Lipinski definition) is 5. The summed E-state index contributed by atoms with van der Waals surface area (Å²) in [4.78, 5) is 8.01.